The molecule has 22 heavy (non-hydrogen) atoms. The molecule has 1 amide bonds. The van der Waals surface area contributed by atoms with Crippen LogP contribution in [0.2, 0.25) is 0 Å². The van der Waals surface area contributed by atoms with E-state index in [2.05, 4.69) is 26.7 Å². The number of likely N-dealkylation sites (tertiary alicyclic amines) is 1. The van der Waals surface area contributed by atoms with E-state index in [0.29, 0.717) is 12.4 Å². The number of fused-ring (bicyclic) bond motifs is 1. The molecule has 6 nitrogen and oxygen atoms in total. The average Bonchev–Trinajstić information content (AvgIpc) is 3.24. The minimum Gasteiger partial charge on any atom is -0.338 e. The smallest absolute Gasteiger partial charge is 0.255 e. The average molecular weight is 313 g/mol. The molecule has 1 aliphatic heterocycles. The van der Waals surface area contributed by atoms with Crippen LogP contribution in [0.15, 0.2) is 29.6 Å². The van der Waals surface area contributed by atoms with Crippen molar-refractivity contribution in [1.82, 2.24) is 25.5 Å². The lowest BCUT2D eigenvalue weighted by Gasteiger charge is -2.31. The predicted molar refractivity (Wildman–Crippen MR) is 83.9 cm³/mol. The largest absolute Gasteiger partial charge is 0.338 e. The standard InChI is InChI=1S/C15H15N5OS/c21-15(12-9-22-13-6-2-1-5-11(12)13)20-7-3-4-10(8-20)14-16-18-19-17-14/h1-2,5-6,9-10H,3-4,7-8H2,(H,16,17,18,19)/t10-/m1/s1. The summed E-state index contributed by atoms with van der Waals surface area (Å²) in [5.74, 6) is 0.972. The molecule has 2 aromatic heterocycles. The van der Waals surface area contributed by atoms with Crippen LogP contribution in [-0.2, 0) is 0 Å². The van der Waals surface area contributed by atoms with E-state index >= 15 is 0 Å². The van der Waals surface area contributed by atoms with Gasteiger partial charge < -0.3 is 4.90 Å². The number of hydrogen-bond donors (Lipinski definition) is 1. The number of rotatable bonds is 2. The minimum absolute atomic E-state index is 0.102. The fourth-order valence-corrected chi connectivity index (χ4v) is 3.96. The van der Waals surface area contributed by atoms with Gasteiger partial charge >= 0.3 is 0 Å². The van der Waals surface area contributed by atoms with Crippen molar-refractivity contribution in [3.05, 3.63) is 41.0 Å². The number of nitrogens with one attached hydrogen (secondary N) is 1. The number of aromatic nitrogens is 4. The second kappa shape index (κ2) is 5.49. The molecule has 1 aliphatic rings. The maximum Gasteiger partial charge on any atom is 0.255 e. The molecule has 1 aromatic carbocycles. The van der Waals surface area contributed by atoms with E-state index in [1.54, 1.807) is 11.3 Å². The van der Waals surface area contributed by atoms with Gasteiger partial charge in [0, 0.05) is 34.5 Å². The summed E-state index contributed by atoms with van der Waals surface area (Å²) in [7, 11) is 0. The number of piperidine rings is 1. The molecule has 0 unspecified atom stereocenters. The fraction of sp³-hybridized carbons (Fsp3) is 0.333. The third-order valence-electron chi connectivity index (χ3n) is 4.15. The number of tetrazole rings is 1. The summed E-state index contributed by atoms with van der Waals surface area (Å²) in [4.78, 5) is 14.8. The van der Waals surface area contributed by atoms with Crippen LogP contribution >= 0.6 is 11.3 Å². The Morgan fingerprint density at radius 1 is 1.36 bits per heavy atom. The molecule has 1 N–H and O–H groups in total. The first-order valence-electron chi connectivity index (χ1n) is 7.32. The highest BCUT2D eigenvalue weighted by atomic mass is 32.1. The molecule has 1 saturated heterocycles. The lowest BCUT2D eigenvalue weighted by atomic mass is 9.97. The molecule has 0 aliphatic carbocycles. The van der Waals surface area contributed by atoms with Crippen molar-refractivity contribution in [2.45, 2.75) is 18.8 Å². The lowest BCUT2D eigenvalue weighted by Crippen LogP contribution is -2.39. The number of carbonyl (C=O) groups excluding carboxylic acids is 1. The molecule has 0 spiro atoms. The first kappa shape index (κ1) is 13.4. The number of hydrogen-bond acceptors (Lipinski definition) is 5. The van der Waals surface area contributed by atoms with Gasteiger partial charge in [0.05, 0.1) is 5.56 Å². The molecule has 1 atom stereocenters. The number of carbonyl (C=O) groups is 1. The second-order valence-corrected chi connectivity index (χ2v) is 6.42. The van der Waals surface area contributed by atoms with E-state index in [4.69, 9.17) is 0 Å². The van der Waals surface area contributed by atoms with Crippen LogP contribution in [0.5, 0.6) is 0 Å². The van der Waals surface area contributed by atoms with Crippen LogP contribution in [0.4, 0.5) is 0 Å². The fourth-order valence-electron chi connectivity index (χ4n) is 3.03. The second-order valence-electron chi connectivity index (χ2n) is 5.51. The SMILES string of the molecule is O=C(c1csc2ccccc12)N1CCC[C@@H](c2nn[nH]n2)C1. The van der Waals surface area contributed by atoms with Crippen LogP contribution in [0.25, 0.3) is 10.1 Å². The van der Waals surface area contributed by atoms with E-state index in [1.807, 2.05) is 28.5 Å². The molecule has 1 fully saturated rings. The Labute approximate surface area is 131 Å². The minimum atomic E-state index is 0.102. The van der Waals surface area contributed by atoms with Crippen molar-refractivity contribution in [3.63, 3.8) is 0 Å². The molecular weight excluding hydrogens is 298 g/mol. The van der Waals surface area contributed by atoms with Gasteiger partial charge in [-0.1, -0.05) is 23.4 Å². The highest BCUT2D eigenvalue weighted by Crippen LogP contribution is 2.29. The first-order chi connectivity index (χ1) is 10.8. The molecule has 0 bridgehead atoms. The summed E-state index contributed by atoms with van der Waals surface area (Å²) in [6.45, 7) is 1.44. The Hall–Kier alpha value is -2.28. The van der Waals surface area contributed by atoms with Gasteiger partial charge in [-0.3, -0.25) is 4.79 Å². The van der Waals surface area contributed by atoms with Crippen LogP contribution in [0, 0.1) is 0 Å². The monoisotopic (exact) mass is 313 g/mol. The zero-order chi connectivity index (χ0) is 14.9. The molecule has 7 heteroatoms. The van der Waals surface area contributed by atoms with Crippen molar-refractivity contribution in [2.24, 2.45) is 0 Å². The number of thiophene rings is 1. The summed E-state index contributed by atoms with van der Waals surface area (Å²) in [6, 6.07) is 8.04. The van der Waals surface area contributed by atoms with E-state index in [-0.39, 0.29) is 11.8 Å². The Balaban J connectivity index is 1.60. The van der Waals surface area contributed by atoms with Crippen LogP contribution in [0.3, 0.4) is 0 Å². The van der Waals surface area contributed by atoms with Gasteiger partial charge in [0.1, 0.15) is 0 Å². The summed E-state index contributed by atoms with van der Waals surface area (Å²) < 4.78 is 1.15. The molecule has 3 aromatic rings. The Morgan fingerprint density at radius 3 is 3.14 bits per heavy atom. The summed E-state index contributed by atoms with van der Waals surface area (Å²) >= 11 is 1.62. The highest BCUT2D eigenvalue weighted by Gasteiger charge is 2.28. The van der Waals surface area contributed by atoms with Gasteiger partial charge in [0.25, 0.3) is 5.91 Å². The molecule has 0 saturated carbocycles. The molecule has 4 rings (SSSR count). The van der Waals surface area contributed by atoms with Crippen molar-refractivity contribution in [2.75, 3.05) is 13.1 Å². The van der Waals surface area contributed by atoms with Gasteiger partial charge in [-0.15, -0.1) is 21.5 Å². The van der Waals surface area contributed by atoms with Crippen molar-refractivity contribution in [3.8, 4) is 0 Å². The maximum absolute atomic E-state index is 12.9. The van der Waals surface area contributed by atoms with E-state index in [1.165, 1.54) is 0 Å². The highest BCUT2D eigenvalue weighted by molar-refractivity contribution is 7.17. The van der Waals surface area contributed by atoms with Crippen LogP contribution < -0.4 is 0 Å². The summed E-state index contributed by atoms with van der Waals surface area (Å²) in [5, 5.41) is 17.2. The number of nitrogens with zero attached hydrogens (tertiary/aromatic N) is 4. The molecular formula is C15H15N5OS. The topological polar surface area (TPSA) is 74.8 Å². The zero-order valence-electron chi connectivity index (χ0n) is 11.9. The Morgan fingerprint density at radius 2 is 2.27 bits per heavy atom. The van der Waals surface area contributed by atoms with Gasteiger partial charge in [-0.05, 0) is 18.9 Å². The van der Waals surface area contributed by atoms with Crippen molar-refractivity contribution >= 4 is 27.3 Å². The normalized spacial score (nSPS) is 18.7. The quantitative estimate of drug-likeness (QED) is 0.788. The lowest BCUT2D eigenvalue weighted by molar-refractivity contribution is 0.0707. The summed E-state index contributed by atoms with van der Waals surface area (Å²) in [5.41, 5.74) is 0.800. The maximum atomic E-state index is 12.9. The van der Waals surface area contributed by atoms with E-state index in [0.717, 1.165) is 35.0 Å². The van der Waals surface area contributed by atoms with E-state index in [9.17, 15) is 4.79 Å². The number of H-pyrrole nitrogens is 1. The summed E-state index contributed by atoms with van der Waals surface area (Å²) in [6.07, 6.45) is 1.96. The molecule has 112 valence electrons. The number of benzene rings is 1. The van der Waals surface area contributed by atoms with Crippen LogP contribution in [-0.4, -0.2) is 44.5 Å². The van der Waals surface area contributed by atoms with Gasteiger partial charge in [-0.2, -0.15) is 5.21 Å². The van der Waals surface area contributed by atoms with Crippen molar-refractivity contribution < 1.29 is 4.79 Å². The van der Waals surface area contributed by atoms with Crippen molar-refractivity contribution in [1.29, 1.82) is 0 Å². The number of aromatic amines is 1. The van der Waals surface area contributed by atoms with E-state index < -0.39 is 0 Å². The number of amides is 1. The molecule has 3 heterocycles. The first-order valence-corrected chi connectivity index (χ1v) is 8.20. The Kier molecular flexibility index (Phi) is 3.34. The third-order valence-corrected chi connectivity index (χ3v) is 5.11. The Bertz CT molecular complexity index is 797. The third kappa shape index (κ3) is 2.27. The van der Waals surface area contributed by atoms with Crippen LogP contribution in [0.1, 0.15) is 34.9 Å². The van der Waals surface area contributed by atoms with Gasteiger partial charge in [-0.25, -0.2) is 0 Å². The zero-order valence-corrected chi connectivity index (χ0v) is 12.7. The van der Waals surface area contributed by atoms with Gasteiger partial charge in [0.15, 0.2) is 5.82 Å². The van der Waals surface area contributed by atoms with Gasteiger partial charge in [0.2, 0.25) is 0 Å². The molecule has 0 radical (unpaired) electrons. The predicted octanol–water partition coefficient (Wildman–Crippen LogP) is 2.43.